The molecule has 0 saturated carbocycles. The van der Waals surface area contributed by atoms with Gasteiger partial charge in [0.1, 0.15) is 0 Å². The summed E-state index contributed by atoms with van der Waals surface area (Å²) in [5.41, 5.74) is 0.881. The minimum atomic E-state index is -0.553. The predicted octanol–water partition coefficient (Wildman–Crippen LogP) is 1.73. The maximum absolute atomic E-state index is 13.4. The second kappa shape index (κ2) is 7.97. The van der Waals surface area contributed by atoms with E-state index in [2.05, 4.69) is 17.1 Å². The van der Waals surface area contributed by atoms with Crippen LogP contribution in [0.5, 0.6) is 0 Å². The van der Waals surface area contributed by atoms with Gasteiger partial charge in [-0.1, -0.05) is 36.4 Å². The number of benzene rings is 1. The van der Waals surface area contributed by atoms with Gasteiger partial charge >= 0.3 is 5.69 Å². The van der Waals surface area contributed by atoms with Crippen molar-refractivity contribution in [2.24, 2.45) is 7.05 Å². The van der Waals surface area contributed by atoms with Gasteiger partial charge < -0.3 is 9.67 Å². The van der Waals surface area contributed by atoms with E-state index < -0.39 is 17.1 Å². The van der Waals surface area contributed by atoms with Crippen LogP contribution in [-0.4, -0.2) is 30.4 Å². The third-order valence-corrected chi connectivity index (χ3v) is 4.91. The van der Waals surface area contributed by atoms with Gasteiger partial charge in [0.15, 0.2) is 22.8 Å². The molecular weight excluding hydrogens is 387 g/mol. The summed E-state index contributed by atoms with van der Waals surface area (Å²) in [6.45, 7) is 0.286. The highest BCUT2D eigenvalue weighted by Gasteiger charge is 2.21. The van der Waals surface area contributed by atoms with Crippen LogP contribution in [0.15, 0.2) is 52.1 Å². The maximum atomic E-state index is 13.4. The van der Waals surface area contributed by atoms with Crippen LogP contribution < -0.4 is 11.2 Å². The van der Waals surface area contributed by atoms with E-state index >= 15 is 0 Å². The van der Waals surface area contributed by atoms with Crippen LogP contribution in [0.4, 0.5) is 4.39 Å². The molecule has 0 aliphatic heterocycles. The van der Waals surface area contributed by atoms with E-state index in [0.717, 1.165) is 10.1 Å². The second-order valence-electron chi connectivity index (χ2n) is 6.90. The number of nitrogens with zero attached hydrogens (tertiary/aromatic N) is 4. The third-order valence-electron chi connectivity index (χ3n) is 4.91. The van der Waals surface area contributed by atoms with E-state index in [4.69, 9.17) is 5.11 Å². The van der Waals surface area contributed by atoms with E-state index in [9.17, 15) is 14.0 Å². The Morgan fingerprint density at radius 1 is 1.07 bits per heavy atom. The third kappa shape index (κ3) is 3.40. The van der Waals surface area contributed by atoms with Crippen molar-refractivity contribution in [3.63, 3.8) is 0 Å². The molecule has 152 valence electrons. The van der Waals surface area contributed by atoms with Crippen molar-refractivity contribution in [2.75, 3.05) is 6.61 Å². The molecule has 2 heterocycles. The van der Waals surface area contributed by atoms with Crippen LogP contribution in [-0.2, 0) is 20.1 Å². The quantitative estimate of drug-likeness (QED) is 0.529. The second-order valence-corrected chi connectivity index (χ2v) is 6.90. The van der Waals surface area contributed by atoms with E-state index in [-0.39, 0.29) is 30.7 Å². The van der Waals surface area contributed by atoms with E-state index in [1.807, 2.05) is 30.3 Å². The largest absolute Gasteiger partial charge is 0.396 e. The Bertz CT molecular complexity index is 1300. The summed E-state index contributed by atoms with van der Waals surface area (Å²) in [4.78, 5) is 30.5. The van der Waals surface area contributed by atoms with E-state index in [0.29, 0.717) is 17.9 Å². The first-order valence-electron chi connectivity index (χ1n) is 9.46. The summed E-state index contributed by atoms with van der Waals surface area (Å²) in [6, 6.07) is 17.4. The molecule has 2 aromatic heterocycles. The average molecular weight is 406 g/mol. The van der Waals surface area contributed by atoms with Crippen LogP contribution in [0.3, 0.4) is 0 Å². The fraction of sp³-hybridized carbons (Fsp3) is 0.227. The molecule has 0 atom stereocenters. The minimum Gasteiger partial charge on any atom is -0.396 e. The number of halogens is 1. The first-order valence-corrected chi connectivity index (χ1v) is 9.46. The molecule has 30 heavy (non-hydrogen) atoms. The molecule has 0 aliphatic rings. The molecule has 0 unspecified atom stereocenters. The van der Waals surface area contributed by atoms with Gasteiger partial charge in [-0.15, -0.1) is 0 Å². The molecule has 1 N–H and O–H groups in total. The lowest BCUT2D eigenvalue weighted by molar-refractivity contribution is 0.277. The van der Waals surface area contributed by atoms with E-state index in [1.165, 1.54) is 16.7 Å². The number of aryl methyl sites for hydroxylation is 1. The SMILES string of the molecule is Cn1c(=O)n(CCCO)c(=O)c2c1nc(-c1c#cc(F)cc1)n2Cc1ccccc1. The Morgan fingerprint density at radius 2 is 1.83 bits per heavy atom. The maximum Gasteiger partial charge on any atom is 0.332 e. The molecule has 4 aromatic rings. The van der Waals surface area contributed by atoms with Crippen molar-refractivity contribution >= 4 is 11.2 Å². The molecule has 0 saturated heterocycles. The van der Waals surface area contributed by atoms with Crippen molar-refractivity contribution in [1.29, 1.82) is 0 Å². The molecule has 0 amide bonds. The Balaban J connectivity index is 2.03. The molecule has 2 aromatic carbocycles. The zero-order valence-electron chi connectivity index (χ0n) is 16.3. The normalized spacial score (nSPS) is 11.0. The number of aromatic nitrogens is 4. The fourth-order valence-electron chi connectivity index (χ4n) is 3.42. The van der Waals surface area contributed by atoms with Crippen LogP contribution in [0.1, 0.15) is 12.0 Å². The van der Waals surface area contributed by atoms with E-state index in [1.54, 1.807) is 11.6 Å². The number of hydrogen-bond acceptors (Lipinski definition) is 4. The Kier molecular flexibility index (Phi) is 5.21. The summed E-state index contributed by atoms with van der Waals surface area (Å²) < 4.78 is 17.5. The molecule has 0 aliphatic carbocycles. The number of fused-ring (bicyclic) bond motifs is 1. The number of rotatable bonds is 6. The first-order chi connectivity index (χ1) is 14.5. The highest BCUT2D eigenvalue weighted by Crippen LogP contribution is 2.22. The molecule has 0 fully saturated rings. The van der Waals surface area contributed by atoms with Gasteiger partial charge in [0.05, 0.1) is 5.56 Å². The smallest absolute Gasteiger partial charge is 0.332 e. The summed E-state index contributed by atoms with van der Waals surface area (Å²) >= 11 is 0. The summed E-state index contributed by atoms with van der Waals surface area (Å²) in [6.07, 6.45) is 0.279. The van der Waals surface area contributed by atoms with Crippen molar-refractivity contribution in [3.05, 3.63) is 86.8 Å². The van der Waals surface area contributed by atoms with Gasteiger partial charge in [-0.3, -0.25) is 13.9 Å². The highest BCUT2D eigenvalue weighted by molar-refractivity contribution is 5.76. The lowest BCUT2D eigenvalue weighted by Crippen LogP contribution is -2.39. The number of hydrogen-bond donors (Lipinski definition) is 1. The Labute approximate surface area is 171 Å². The lowest BCUT2D eigenvalue weighted by Gasteiger charge is -2.11. The van der Waals surface area contributed by atoms with Crippen molar-refractivity contribution in [2.45, 2.75) is 19.5 Å². The van der Waals surface area contributed by atoms with Crippen molar-refractivity contribution in [1.82, 2.24) is 18.7 Å². The predicted molar refractivity (Wildman–Crippen MR) is 110 cm³/mol. The van der Waals surface area contributed by atoms with Gasteiger partial charge in [-0.2, -0.15) is 4.39 Å². The fourth-order valence-corrected chi connectivity index (χ4v) is 3.42. The zero-order chi connectivity index (χ0) is 21.3. The topological polar surface area (TPSA) is 82.0 Å². The Morgan fingerprint density at radius 3 is 2.50 bits per heavy atom. The lowest BCUT2D eigenvalue weighted by atomic mass is 10.2. The van der Waals surface area contributed by atoms with Crippen molar-refractivity contribution in [3.8, 4) is 11.4 Å². The standard InChI is InChI=1S/C22H19FN4O3/c1-25-20-18(21(29)26(22(25)30)12-5-13-28)27(14-15-6-3-2-4-7-15)19(24-20)16-8-10-17(23)11-9-16/h2-4,6-8,10,28H,5,12-14H2,1H3. The summed E-state index contributed by atoms with van der Waals surface area (Å²) in [5, 5.41) is 9.14. The van der Waals surface area contributed by atoms with Crippen molar-refractivity contribution < 1.29 is 9.50 Å². The molecule has 0 spiro atoms. The molecule has 0 bridgehead atoms. The number of aliphatic hydroxyl groups is 1. The molecule has 0 radical (unpaired) electrons. The molecule has 4 rings (SSSR count). The number of aliphatic hydroxyl groups excluding tert-OH is 1. The van der Waals surface area contributed by atoms with Gasteiger partial charge in [0.2, 0.25) is 0 Å². The van der Waals surface area contributed by atoms with Crippen LogP contribution in [0.25, 0.3) is 22.6 Å². The van der Waals surface area contributed by atoms with Crippen LogP contribution in [0.2, 0.25) is 0 Å². The number of imidazole rings is 1. The summed E-state index contributed by atoms with van der Waals surface area (Å²) in [7, 11) is 1.55. The van der Waals surface area contributed by atoms with Gasteiger partial charge in [0, 0.05) is 26.7 Å². The minimum absolute atomic E-state index is 0.0975. The molecular formula is C22H19FN4O3. The van der Waals surface area contributed by atoms with Gasteiger partial charge in [-0.05, 0) is 30.2 Å². The molecule has 7 nitrogen and oxygen atoms in total. The van der Waals surface area contributed by atoms with Crippen LogP contribution in [0, 0.1) is 17.9 Å². The van der Waals surface area contributed by atoms with Crippen LogP contribution >= 0.6 is 0 Å². The Hall–Kier alpha value is -3.70. The van der Waals surface area contributed by atoms with Gasteiger partial charge in [0.25, 0.3) is 5.56 Å². The average Bonchev–Trinajstić information content (AvgIpc) is 3.13. The zero-order valence-corrected chi connectivity index (χ0v) is 16.3. The monoisotopic (exact) mass is 406 g/mol. The summed E-state index contributed by atoms with van der Waals surface area (Å²) in [5.74, 6) is -0.166. The molecule has 8 heteroatoms. The van der Waals surface area contributed by atoms with Gasteiger partial charge in [-0.25, -0.2) is 9.78 Å². The highest BCUT2D eigenvalue weighted by atomic mass is 19.1. The first kappa shape index (κ1) is 19.6.